The topological polar surface area (TPSA) is 77.8 Å². The molecule has 0 aliphatic carbocycles. The third-order valence-electron chi connectivity index (χ3n) is 2.51. The number of phenolic OH excluding ortho intramolecular Hbond substituents is 1. The summed E-state index contributed by atoms with van der Waals surface area (Å²) in [5.41, 5.74) is 1.29. The van der Waals surface area contributed by atoms with Gasteiger partial charge in [-0.15, -0.1) is 0 Å². The second kappa shape index (κ2) is 6.78. The molecular weight excluding hydrogens is 252 g/mol. The van der Waals surface area contributed by atoms with Crippen molar-refractivity contribution in [1.29, 1.82) is 0 Å². The SMILES string of the molecule is CC(=O)SCCC(O)C(O)c1cc(C)cc(O)c1. The standard InChI is InChI=1S/C13H18O4S/c1-8-5-10(7-11(15)6-8)13(17)12(16)3-4-18-9(2)14/h5-7,12-13,15-17H,3-4H2,1-2H3. The van der Waals surface area contributed by atoms with Gasteiger partial charge in [-0.25, -0.2) is 0 Å². The second-order valence-corrected chi connectivity index (χ2v) is 5.51. The van der Waals surface area contributed by atoms with Crippen molar-refractivity contribution in [3.8, 4) is 5.75 Å². The average molecular weight is 270 g/mol. The van der Waals surface area contributed by atoms with Gasteiger partial charge in [-0.05, 0) is 36.6 Å². The van der Waals surface area contributed by atoms with E-state index in [4.69, 9.17) is 0 Å². The quantitative estimate of drug-likeness (QED) is 0.760. The van der Waals surface area contributed by atoms with Crippen LogP contribution in [-0.4, -0.2) is 32.3 Å². The highest BCUT2D eigenvalue weighted by Gasteiger charge is 2.19. The van der Waals surface area contributed by atoms with Crippen LogP contribution in [0.5, 0.6) is 5.75 Å². The van der Waals surface area contributed by atoms with Gasteiger partial charge >= 0.3 is 0 Å². The molecule has 18 heavy (non-hydrogen) atoms. The van der Waals surface area contributed by atoms with Crippen LogP contribution in [0.25, 0.3) is 0 Å². The van der Waals surface area contributed by atoms with E-state index in [1.165, 1.54) is 13.0 Å². The van der Waals surface area contributed by atoms with Gasteiger partial charge in [0.2, 0.25) is 0 Å². The molecule has 0 bridgehead atoms. The van der Waals surface area contributed by atoms with Crippen molar-refractivity contribution in [3.05, 3.63) is 29.3 Å². The van der Waals surface area contributed by atoms with Gasteiger partial charge in [0.1, 0.15) is 11.9 Å². The Morgan fingerprint density at radius 3 is 2.56 bits per heavy atom. The van der Waals surface area contributed by atoms with E-state index in [1.54, 1.807) is 19.1 Å². The van der Waals surface area contributed by atoms with Crippen LogP contribution in [0.4, 0.5) is 0 Å². The summed E-state index contributed by atoms with van der Waals surface area (Å²) in [6, 6.07) is 4.72. The Balaban J connectivity index is 2.62. The molecular formula is C13H18O4S. The molecule has 1 aromatic carbocycles. The van der Waals surface area contributed by atoms with Gasteiger partial charge in [0.05, 0.1) is 6.10 Å². The molecule has 1 rings (SSSR count). The number of carbonyl (C=O) groups is 1. The summed E-state index contributed by atoms with van der Waals surface area (Å²) >= 11 is 1.12. The monoisotopic (exact) mass is 270 g/mol. The predicted octanol–water partition coefficient (Wildman–Crippen LogP) is 1.76. The number of hydrogen-bond donors (Lipinski definition) is 3. The lowest BCUT2D eigenvalue weighted by molar-refractivity contribution is -0.109. The zero-order valence-corrected chi connectivity index (χ0v) is 11.3. The first kappa shape index (κ1) is 15.0. The van der Waals surface area contributed by atoms with Crippen LogP contribution in [0.15, 0.2) is 18.2 Å². The molecule has 4 nitrogen and oxygen atoms in total. The van der Waals surface area contributed by atoms with Crippen molar-refractivity contribution in [3.63, 3.8) is 0 Å². The first-order valence-electron chi connectivity index (χ1n) is 5.70. The van der Waals surface area contributed by atoms with Gasteiger partial charge in [-0.2, -0.15) is 0 Å². The van der Waals surface area contributed by atoms with Crippen molar-refractivity contribution in [2.24, 2.45) is 0 Å². The molecule has 0 fully saturated rings. The van der Waals surface area contributed by atoms with Crippen LogP contribution in [0.2, 0.25) is 0 Å². The minimum Gasteiger partial charge on any atom is -0.508 e. The van der Waals surface area contributed by atoms with E-state index < -0.39 is 12.2 Å². The molecule has 0 spiro atoms. The van der Waals surface area contributed by atoms with Gasteiger partial charge in [-0.3, -0.25) is 4.79 Å². The highest BCUT2D eigenvalue weighted by Crippen LogP contribution is 2.25. The molecule has 1 aromatic rings. The lowest BCUT2D eigenvalue weighted by atomic mass is 10.0. The number of aliphatic hydroxyl groups excluding tert-OH is 2. The van der Waals surface area contributed by atoms with E-state index in [0.717, 1.165) is 17.3 Å². The third kappa shape index (κ3) is 4.68. The third-order valence-corrected chi connectivity index (χ3v) is 3.36. The molecule has 5 heteroatoms. The van der Waals surface area contributed by atoms with Crippen LogP contribution in [0, 0.1) is 6.92 Å². The van der Waals surface area contributed by atoms with Crippen molar-refractivity contribution in [1.82, 2.24) is 0 Å². The molecule has 0 aromatic heterocycles. The molecule has 100 valence electrons. The Hall–Kier alpha value is -1.04. The lowest BCUT2D eigenvalue weighted by Gasteiger charge is -2.18. The van der Waals surface area contributed by atoms with E-state index in [2.05, 4.69) is 0 Å². The number of thioether (sulfide) groups is 1. The number of aromatic hydroxyl groups is 1. The Morgan fingerprint density at radius 1 is 1.33 bits per heavy atom. The molecule has 0 radical (unpaired) electrons. The summed E-state index contributed by atoms with van der Waals surface area (Å²) in [4.78, 5) is 10.7. The fourth-order valence-electron chi connectivity index (χ4n) is 1.67. The summed E-state index contributed by atoms with van der Waals surface area (Å²) < 4.78 is 0. The average Bonchev–Trinajstić information content (AvgIpc) is 2.26. The largest absolute Gasteiger partial charge is 0.508 e. The predicted molar refractivity (Wildman–Crippen MR) is 71.6 cm³/mol. The first-order valence-corrected chi connectivity index (χ1v) is 6.68. The maximum Gasteiger partial charge on any atom is 0.185 e. The normalized spacial score (nSPS) is 14.2. The maximum absolute atomic E-state index is 10.7. The zero-order chi connectivity index (χ0) is 13.7. The van der Waals surface area contributed by atoms with Crippen LogP contribution < -0.4 is 0 Å². The molecule has 0 amide bonds. The van der Waals surface area contributed by atoms with Crippen molar-refractivity contribution >= 4 is 16.9 Å². The molecule has 3 N–H and O–H groups in total. The lowest BCUT2D eigenvalue weighted by Crippen LogP contribution is -2.19. The summed E-state index contributed by atoms with van der Waals surface area (Å²) in [5, 5.41) is 29.2. The number of phenols is 1. The Labute approximate surface area is 111 Å². The Bertz CT molecular complexity index is 399. The van der Waals surface area contributed by atoms with Crippen molar-refractivity contribution < 1.29 is 20.1 Å². The van der Waals surface area contributed by atoms with Gasteiger partial charge in [0, 0.05) is 12.7 Å². The van der Waals surface area contributed by atoms with Gasteiger partial charge in [0.25, 0.3) is 0 Å². The molecule has 0 heterocycles. The van der Waals surface area contributed by atoms with E-state index >= 15 is 0 Å². The van der Waals surface area contributed by atoms with E-state index in [1.807, 2.05) is 0 Å². The minimum atomic E-state index is -1.05. The smallest absolute Gasteiger partial charge is 0.185 e. The number of benzene rings is 1. The first-order chi connectivity index (χ1) is 8.40. The number of hydrogen-bond acceptors (Lipinski definition) is 5. The molecule has 0 saturated carbocycles. The van der Waals surface area contributed by atoms with Gasteiger partial charge in [0.15, 0.2) is 5.12 Å². The number of carbonyl (C=O) groups excluding carboxylic acids is 1. The number of rotatable bonds is 5. The van der Waals surface area contributed by atoms with E-state index in [-0.39, 0.29) is 10.9 Å². The van der Waals surface area contributed by atoms with Crippen LogP contribution in [0.3, 0.4) is 0 Å². The minimum absolute atomic E-state index is 0.00936. The summed E-state index contributed by atoms with van der Waals surface area (Å²) in [7, 11) is 0. The highest BCUT2D eigenvalue weighted by molar-refractivity contribution is 8.13. The molecule has 0 aliphatic heterocycles. The Morgan fingerprint density at radius 2 is 2.00 bits per heavy atom. The van der Waals surface area contributed by atoms with Crippen LogP contribution in [-0.2, 0) is 4.79 Å². The fourth-order valence-corrected chi connectivity index (χ4v) is 2.31. The van der Waals surface area contributed by atoms with Gasteiger partial charge in [-0.1, -0.05) is 17.8 Å². The van der Waals surface area contributed by atoms with Gasteiger partial charge < -0.3 is 15.3 Å². The molecule has 2 atom stereocenters. The molecule has 0 saturated heterocycles. The van der Waals surface area contributed by atoms with Crippen LogP contribution >= 0.6 is 11.8 Å². The summed E-state index contributed by atoms with van der Waals surface area (Å²) in [6.07, 6.45) is -1.68. The number of aliphatic hydroxyl groups is 2. The Kier molecular flexibility index (Phi) is 5.65. The van der Waals surface area contributed by atoms with Crippen molar-refractivity contribution in [2.75, 3.05) is 5.75 Å². The van der Waals surface area contributed by atoms with Crippen LogP contribution in [0.1, 0.15) is 30.6 Å². The molecule has 0 aliphatic rings. The second-order valence-electron chi connectivity index (χ2n) is 4.24. The van der Waals surface area contributed by atoms with E-state index in [0.29, 0.717) is 17.7 Å². The summed E-state index contributed by atoms with van der Waals surface area (Å²) in [6.45, 7) is 3.26. The fraction of sp³-hybridized carbons (Fsp3) is 0.462. The van der Waals surface area contributed by atoms with Crippen molar-refractivity contribution in [2.45, 2.75) is 32.5 Å². The highest BCUT2D eigenvalue weighted by atomic mass is 32.2. The van der Waals surface area contributed by atoms with E-state index in [9.17, 15) is 20.1 Å². The summed E-state index contributed by atoms with van der Waals surface area (Å²) in [5.74, 6) is 0.528. The maximum atomic E-state index is 10.7. The molecule has 2 unspecified atom stereocenters. The zero-order valence-electron chi connectivity index (χ0n) is 10.5. The number of aryl methyl sites for hydroxylation is 1.